The Hall–Kier alpha value is -3.68. The molecule has 2 N–H and O–H groups in total. The molecule has 4 aromatic heterocycles. The number of anilines is 2. The monoisotopic (exact) mass is 389 g/mol. The summed E-state index contributed by atoms with van der Waals surface area (Å²) in [6.45, 7) is 3.88. The number of aryl methyl sites for hydroxylation is 1. The van der Waals surface area contributed by atoms with Crippen molar-refractivity contribution in [1.29, 1.82) is 0 Å². The standard InChI is InChI=1S/C21H19N5O3/c1-12-16(17-18(26-21(2)6-7-21)23-11-24-20(17)29-12)19(27)25-14-3-4-15(22-9-14)13-5-8-28-10-13/h3-5,8-11H,6-7H2,1-2H3,(H,25,27)(H,23,24,26). The minimum atomic E-state index is -0.294. The number of carbonyl (C=O) groups is 1. The Kier molecular flexibility index (Phi) is 3.87. The normalized spacial score (nSPS) is 14.7. The van der Waals surface area contributed by atoms with Crippen LogP contribution < -0.4 is 10.6 Å². The van der Waals surface area contributed by atoms with Gasteiger partial charge in [-0.3, -0.25) is 9.78 Å². The Bertz CT molecular complexity index is 1190. The van der Waals surface area contributed by atoms with Crippen LogP contribution in [0.5, 0.6) is 0 Å². The quantitative estimate of drug-likeness (QED) is 0.521. The van der Waals surface area contributed by atoms with Crippen LogP contribution in [0.2, 0.25) is 0 Å². The number of nitrogens with one attached hydrogen (secondary N) is 2. The third kappa shape index (κ3) is 3.22. The van der Waals surface area contributed by atoms with Gasteiger partial charge in [-0.1, -0.05) is 0 Å². The molecule has 146 valence electrons. The third-order valence-electron chi connectivity index (χ3n) is 5.15. The molecule has 4 aromatic rings. The first-order valence-electron chi connectivity index (χ1n) is 9.35. The van der Waals surface area contributed by atoms with Crippen molar-refractivity contribution >= 4 is 28.5 Å². The number of pyridine rings is 1. The zero-order chi connectivity index (χ0) is 20.0. The van der Waals surface area contributed by atoms with E-state index in [0.29, 0.717) is 33.9 Å². The van der Waals surface area contributed by atoms with E-state index in [-0.39, 0.29) is 11.4 Å². The summed E-state index contributed by atoms with van der Waals surface area (Å²) >= 11 is 0. The van der Waals surface area contributed by atoms with Gasteiger partial charge in [-0.2, -0.15) is 0 Å². The van der Waals surface area contributed by atoms with Crippen molar-refractivity contribution in [1.82, 2.24) is 15.0 Å². The highest BCUT2D eigenvalue weighted by molar-refractivity contribution is 6.15. The second-order valence-electron chi connectivity index (χ2n) is 7.52. The van der Waals surface area contributed by atoms with Crippen molar-refractivity contribution in [2.75, 3.05) is 10.6 Å². The van der Waals surface area contributed by atoms with Gasteiger partial charge in [0.1, 0.15) is 17.9 Å². The second kappa shape index (κ2) is 6.44. The summed E-state index contributed by atoms with van der Waals surface area (Å²) in [6, 6.07) is 5.45. The summed E-state index contributed by atoms with van der Waals surface area (Å²) in [7, 11) is 0. The molecule has 1 aliphatic carbocycles. The molecular weight excluding hydrogens is 370 g/mol. The molecule has 4 heterocycles. The maximum Gasteiger partial charge on any atom is 0.260 e. The van der Waals surface area contributed by atoms with Gasteiger partial charge in [-0.15, -0.1) is 0 Å². The summed E-state index contributed by atoms with van der Waals surface area (Å²) in [5.74, 6) is 0.813. The summed E-state index contributed by atoms with van der Waals surface area (Å²) in [6.07, 6.45) is 8.39. The Morgan fingerprint density at radius 2 is 2.03 bits per heavy atom. The molecule has 0 aliphatic heterocycles. The minimum Gasteiger partial charge on any atom is -0.472 e. The Morgan fingerprint density at radius 1 is 1.17 bits per heavy atom. The third-order valence-corrected chi connectivity index (χ3v) is 5.15. The van der Waals surface area contributed by atoms with Crippen LogP contribution in [0.1, 0.15) is 35.9 Å². The number of hydrogen-bond donors (Lipinski definition) is 2. The SMILES string of the molecule is Cc1oc2ncnc(NC3(C)CC3)c2c1C(=O)Nc1ccc(-c2ccoc2)nc1. The number of furan rings is 2. The average Bonchev–Trinajstić information content (AvgIpc) is 3.10. The van der Waals surface area contributed by atoms with Gasteiger partial charge in [0, 0.05) is 11.1 Å². The molecule has 0 spiro atoms. The van der Waals surface area contributed by atoms with E-state index >= 15 is 0 Å². The predicted molar refractivity (Wildman–Crippen MR) is 108 cm³/mol. The van der Waals surface area contributed by atoms with Crippen LogP contribution in [0.25, 0.3) is 22.4 Å². The van der Waals surface area contributed by atoms with Gasteiger partial charge in [0.25, 0.3) is 5.91 Å². The number of rotatable bonds is 5. The summed E-state index contributed by atoms with van der Waals surface area (Å²) in [4.78, 5) is 26.0. The lowest BCUT2D eigenvalue weighted by molar-refractivity contribution is 0.102. The molecule has 0 radical (unpaired) electrons. The van der Waals surface area contributed by atoms with Crippen LogP contribution in [0.3, 0.4) is 0 Å². The lowest BCUT2D eigenvalue weighted by atomic mass is 10.1. The average molecular weight is 389 g/mol. The van der Waals surface area contributed by atoms with Gasteiger partial charge in [-0.25, -0.2) is 9.97 Å². The van der Waals surface area contributed by atoms with E-state index in [0.717, 1.165) is 24.1 Å². The zero-order valence-electron chi connectivity index (χ0n) is 16.0. The zero-order valence-corrected chi connectivity index (χ0v) is 16.0. The molecule has 0 saturated heterocycles. The maximum absolute atomic E-state index is 13.1. The Balaban J connectivity index is 1.45. The molecule has 1 aliphatic rings. The fourth-order valence-electron chi connectivity index (χ4n) is 3.25. The number of aromatic nitrogens is 3. The van der Waals surface area contributed by atoms with E-state index < -0.39 is 0 Å². The molecule has 1 amide bonds. The number of nitrogens with zero attached hydrogens (tertiary/aromatic N) is 3. The first kappa shape index (κ1) is 17.4. The fraction of sp³-hybridized carbons (Fsp3) is 0.238. The van der Waals surface area contributed by atoms with Crippen LogP contribution in [-0.2, 0) is 0 Å². The summed E-state index contributed by atoms with van der Waals surface area (Å²) in [5, 5.41) is 6.90. The summed E-state index contributed by atoms with van der Waals surface area (Å²) < 4.78 is 10.8. The van der Waals surface area contributed by atoms with Gasteiger partial charge in [0.15, 0.2) is 0 Å². The highest BCUT2D eigenvalue weighted by Crippen LogP contribution is 2.40. The highest BCUT2D eigenvalue weighted by atomic mass is 16.3. The van der Waals surface area contributed by atoms with Crippen LogP contribution in [-0.4, -0.2) is 26.4 Å². The molecule has 1 saturated carbocycles. The van der Waals surface area contributed by atoms with Gasteiger partial charge < -0.3 is 19.5 Å². The Labute approximate surface area is 166 Å². The van der Waals surface area contributed by atoms with E-state index in [9.17, 15) is 4.79 Å². The minimum absolute atomic E-state index is 0.00698. The van der Waals surface area contributed by atoms with Crippen molar-refractivity contribution in [2.24, 2.45) is 0 Å². The van der Waals surface area contributed by atoms with E-state index in [1.165, 1.54) is 6.33 Å². The molecule has 1 fully saturated rings. The Morgan fingerprint density at radius 3 is 2.72 bits per heavy atom. The van der Waals surface area contributed by atoms with Crippen LogP contribution in [0, 0.1) is 6.92 Å². The molecular formula is C21H19N5O3. The number of carbonyl (C=O) groups excluding carboxylic acids is 1. The van der Waals surface area contributed by atoms with Crippen LogP contribution >= 0.6 is 0 Å². The molecule has 5 rings (SSSR count). The fourth-order valence-corrected chi connectivity index (χ4v) is 3.25. The summed E-state index contributed by atoms with van der Waals surface area (Å²) in [5.41, 5.74) is 3.04. The number of fused-ring (bicyclic) bond motifs is 1. The molecule has 8 nitrogen and oxygen atoms in total. The lowest BCUT2D eigenvalue weighted by Gasteiger charge is -2.13. The van der Waals surface area contributed by atoms with Crippen molar-refractivity contribution in [3.8, 4) is 11.3 Å². The second-order valence-corrected chi connectivity index (χ2v) is 7.52. The number of amides is 1. The first-order chi connectivity index (χ1) is 14.0. The van der Waals surface area contributed by atoms with Gasteiger partial charge in [0.05, 0.1) is 41.1 Å². The smallest absolute Gasteiger partial charge is 0.260 e. The van der Waals surface area contributed by atoms with Crippen molar-refractivity contribution in [2.45, 2.75) is 32.2 Å². The highest BCUT2D eigenvalue weighted by Gasteiger charge is 2.38. The molecule has 8 heteroatoms. The largest absolute Gasteiger partial charge is 0.472 e. The molecule has 0 unspecified atom stereocenters. The maximum atomic E-state index is 13.1. The van der Waals surface area contributed by atoms with Gasteiger partial charge in [0.2, 0.25) is 5.71 Å². The van der Waals surface area contributed by atoms with E-state index in [1.54, 1.807) is 31.7 Å². The lowest BCUT2D eigenvalue weighted by Crippen LogP contribution is -2.18. The topological polar surface area (TPSA) is 106 Å². The molecule has 0 atom stereocenters. The van der Waals surface area contributed by atoms with Gasteiger partial charge >= 0.3 is 0 Å². The van der Waals surface area contributed by atoms with Crippen molar-refractivity contribution in [3.63, 3.8) is 0 Å². The molecule has 0 aromatic carbocycles. The van der Waals surface area contributed by atoms with Crippen LogP contribution in [0.15, 0.2) is 52.1 Å². The van der Waals surface area contributed by atoms with Gasteiger partial charge in [-0.05, 0) is 44.9 Å². The molecule has 0 bridgehead atoms. The first-order valence-corrected chi connectivity index (χ1v) is 9.35. The molecule has 29 heavy (non-hydrogen) atoms. The van der Waals surface area contributed by atoms with Crippen molar-refractivity contribution < 1.29 is 13.6 Å². The van der Waals surface area contributed by atoms with E-state index in [4.69, 9.17) is 8.83 Å². The predicted octanol–water partition coefficient (Wildman–Crippen LogP) is 4.40. The van der Waals surface area contributed by atoms with Crippen LogP contribution in [0.4, 0.5) is 11.5 Å². The number of hydrogen-bond acceptors (Lipinski definition) is 7. The van der Waals surface area contributed by atoms with E-state index in [1.807, 2.05) is 12.1 Å². The van der Waals surface area contributed by atoms with Crippen molar-refractivity contribution in [3.05, 3.63) is 54.6 Å². The van der Waals surface area contributed by atoms with E-state index in [2.05, 4.69) is 32.5 Å².